The van der Waals surface area contributed by atoms with E-state index in [1.165, 1.54) is 101 Å². The molecule has 44 heavy (non-hydrogen) atoms. The molecule has 0 bridgehead atoms. The van der Waals surface area contributed by atoms with Crippen LogP contribution >= 0.6 is 7.82 Å². The Bertz CT molecular complexity index is 1170. The third kappa shape index (κ3) is 12.0. The van der Waals surface area contributed by atoms with Crippen molar-refractivity contribution in [1.29, 1.82) is 0 Å². The van der Waals surface area contributed by atoms with E-state index >= 15 is 0 Å². The van der Waals surface area contributed by atoms with Crippen LogP contribution in [-0.4, -0.2) is 60.6 Å². The number of aliphatic hydroxyl groups excluding tert-OH is 2. The van der Waals surface area contributed by atoms with Crippen molar-refractivity contribution < 1.29 is 38.3 Å². The van der Waals surface area contributed by atoms with Crippen LogP contribution in [0.2, 0.25) is 0 Å². The van der Waals surface area contributed by atoms with Gasteiger partial charge < -0.3 is 34.6 Å². The van der Waals surface area contributed by atoms with E-state index in [2.05, 4.69) is 26.4 Å². The molecular formula is C30H51N5O8P-. The zero-order chi connectivity index (χ0) is 31.8. The molecule has 13 nitrogen and oxygen atoms in total. The second kappa shape index (κ2) is 19.4. The first-order chi connectivity index (χ1) is 21.2. The number of unbranched alkanes of at least 4 members (excludes halogenated alkanes) is 16. The Morgan fingerprint density at radius 2 is 1.45 bits per heavy atom. The third-order valence-electron chi connectivity index (χ3n) is 8.09. The Hall–Kier alpha value is -2.15. The van der Waals surface area contributed by atoms with Gasteiger partial charge in [0.05, 0.1) is 12.9 Å². The van der Waals surface area contributed by atoms with E-state index in [9.17, 15) is 24.5 Å². The van der Waals surface area contributed by atoms with Gasteiger partial charge >= 0.3 is 13.8 Å². The fourth-order valence-electron chi connectivity index (χ4n) is 5.51. The number of aromatic nitrogens is 4. The highest BCUT2D eigenvalue weighted by atomic mass is 31.2. The number of phosphoric acid groups is 1. The lowest BCUT2D eigenvalue weighted by atomic mass is 10.0. The van der Waals surface area contributed by atoms with E-state index in [-0.39, 0.29) is 23.4 Å². The summed E-state index contributed by atoms with van der Waals surface area (Å²) < 4.78 is 28.6. The van der Waals surface area contributed by atoms with Gasteiger partial charge in [-0.05, 0) is 6.42 Å². The number of phosphoric ester groups is 1. The highest BCUT2D eigenvalue weighted by Gasteiger charge is 2.45. The summed E-state index contributed by atoms with van der Waals surface area (Å²) in [6.45, 7) is 1.59. The van der Waals surface area contributed by atoms with Gasteiger partial charge in [0.15, 0.2) is 17.7 Å². The molecule has 2 aromatic heterocycles. The van der Waals surface area contributed by atoms with Crippen molar-refractivity contribution in [3.05, 3.63) is 12.7 Å². The smallest absolute Gasteiger partial charge is 0.322 e. The van der Waals surface area contributed by atoms with Crippen molar-refractivity contribution in [1.82, 2.24) is 19.5 Å². The van der Waals surface area contributed by atoms with E-state index < -0.39 is 44.9 Å². The first-order valence-electron chi connectivity index (χ1n) is 16.4. The van der Waals surface area contributed by atoms with E-state index in [1.807, 2.05) is 0 Å². The van der Waals surface area contributed by atoms with Gasteiger partial charge in [-0.25, -0.2) is 15.0 Å². The van der Waals surface area contributed by atoms with Crippen LogP contribution in [0.4, 0.5) is 5.82 Å². The molecule has 0 aromatic carbocycles. The number of carbonyl (C=O) groups excluding carboxylic acids is 1. The SMILES string of the molecule is CCCCCCCCCCCCCCCCCCCC(=O)OP(=O)([O-])OC[C@H]1O[C@@H](n2cnc3c(N)ncnc32)[C@H](O)[C@@H]1O. The van der Waals surface area contributed by atoms with Crippen molar-refractivity contribution in [2.75, 3.05) is 12.3 Å². The number of aliphatic hydroxyl groups is 2. The van der Waals surface area contributed by atoms with E-state index in [1.54, 1.807) is 0 Å². The predicted octanol–water partition coefficient (Wildman–Crippen LogP) is 5.10. The topological polar surface area (TPSA) is 195 Å². The molecule has 1 fully saturated rings. The number of carbonyl (C=O) groups is 1. The number of anilines is 1. The van der Waals surface area contributed by atoms with E-state index in [4.69, 9.17) is 15.0 Å². The Kier molecular flexibility index (Phi) is 16.0. The maximum absolute atomic E-state index is 12.2. The Morgan fingerprint density at radius 1 is 0.909 bits per heavy atom. The number of hydrogen-bond acceptors (Lipinski definition) is 12. The zero-order valence-electron chi connectivity index (χ0n) is 26.1. The maximum atomic E-state index is 12.2. The lowest BCUT2D eigenvalue weighted by molar-refractivity contribution is -0.227. The quantitative estimate of drug-likeness (QED) is 0.108. The van der Waals surface area contributed by atoms with Crippen LogP contribution in [0.3, 0.4) is 0 Å². The summed E-state index contributed by atoms with van der Waals surface area (Å²) in [7, 11) is -4.99. The highest BCUT2D eigenvalue weighted by molar-refractivity contribution is 7.46. The summed E-state index contributed by atoms with van der Waals surface area (Å²) in [5, 5.41) is 20.9. The van der Waals surface area contributed by atoms with Gasteiger partial charge in [-0.3, -0.25) is 13.9 Å². The first kappa shape index (κ1) is 36.3. The number of rotatable bonds is 23. The zero-order valence-corrected chi connectivity index (χ0v) is 27.0. The second-order valence-electron chi connectivity index (χ2n) is 11.7. The highest BCUT2D eigenvalue weighted by Crippen LogP contribution is 2.41. The molecule has 1 aliphatic heterocycles. The molecule has 5 atom stereocenters. The van der Waals surface area contributed by atoms with Crippen LogP contribution in [0.5, 0.6) is 0 Å². The maximum Gasteiger partial charge on any atom is 0.322 e. The molecule has 250 valence electrons. The Morgan fingerprint density at radius 3 is 2.02 bits per heavy atom. The molecule has 1 aliphatic rings. The molecule has 1 unspecified atom stereocenters. The normalized spacial score (nSPS) is 21.5. The van der Waals surface area contributed by atoms with Crippen molar-refractivity contribution in [2.45, 2.75) is 147 Å². The molecule has 3 heterocycles. The van der Waals surface area contributed by atoms with Crippen LogP contribution in [0.1, 0.15) is 129 Å². The summed E-state index contributed by atoms with van der Waals surface area (Å²) in [5.41, 5.74) is 6.34. The van der Waals surface area contributed by atoms with Gasteiger partial charge in [-0.1, -0.05) is 110 Å². The standard InChI is InChI=1S/C30H52N5O8P/c1-2-3-4-5-6-7-8-9-10-11-12-13-14-15-16-17-18-19-24(36)43-44(39,40)41-20-23-26(37)27(38)30(42-23)35-22-34-25-28(31)32-21-33-29(25)35/h21-23,26-27,30,37-38H,2-20H2,1H3,(H,39,40)(H2,31,32,33)/p-1/t23-,26-,27-,30-/m1/s1. The average Bonchev–Trinajstić information content (AvgIpc) is 3.54. The fraction of sp³-hybridized carbons (Fsp3) is 0.800. The Balaban J connectivity index is 1.21. The molecule has 3 rings (SSSR count). The molecule has 1 saturated heterocycles. The van der Waals surface area contributed by atoms with E-state index in [0.29, 0.717) is 6.42 Å². The fourth-order valence-corrected chi connectivity index (χ4v) is 6.23. The Labute approximate surface area is 260 Å². The molecule has 2 aromatic rings. The van der Waals surface area contributed by atoms with Crippen LogP contribution in [0, 0.1) is 0 Å². The largest absolute Gasteiger partial charge is 0.746 e. The summed E-state index contributed by atoms with van der Waals surface area (Å²) in [6.07, 6.45) is 17.9. The number of hydrogen-bond donors (Lipinski definition) is 3. The van der Waals surface area contributed by atoms with Gasteiger partial charge in [0.25, 0.3) is 0 Å². The number of nitrogen functional groups attached to an aromatic ring is 1. The minimum Gasteiger partial charge on any atom is -0.746 e. The van der Waals surface area contributed by atoms with Gasteiger partial charge in [0.2, 0.25) is 0 Å². The van der Waals surface area contributed by atoms with Crippen molar-refractivity contribution >= 4 is 30.8 Å². The molecule has 14 heteroatoms. The number of nitrogens with zero attached hydrogens (tertiary/aromatic N) is 4. The van der Waals surface area contributed by atoms with Crippen molar-refractivity contribution in [3.63, 3.8) is 0 Å². The summed E-state index contributed by atoms with van der Waals surface area (Å²) in [5.74, 6) is -0.761. The predicted molar refractivity (Wildman–Crippen MR) is 164 cm³/mol. The first-order valence-corrected chi connectivity index (χ1v) is 17.8. The van der Waals surface area contributed by atoms with E-state index in [0.717, 1.165) is 19.3 Å². The number of nitrogens with two attached hydrogens (primary N) is 1. The van der Waals surface area contributed by atoms with Gasteiger partial charge in [-0.2, -0.15) is 0 Å². The third-order valence-corrected chi connectivity index (χ3v) is 8.99. The number of imidazole rings is 1. The molecule has 0 aliphatic carbocycles. The molecule has 0 radical (unpaired) electrons. The van der Waals surface area contributed by atoms with Crippen LogP contribution in [0.25, 0.3) is 11.2 Å². The second-order valence-corrected chi connectivity index (χ2v) is 13.1. The summed E-state index contributed by atoms with van der Waals surface area (Å²) >= 11 is 0. The lowest BCUT2D eigenvalue weighted by Crippen LogP contribution is -2.34. The molecular weight excluding hydrogens is 589 g/mol. The number of fused-ring (bicyclic) bond motifs is 1. The monoisotopic (exact) mass is 640 g/mol. The molecule has 0 saturated carbocycles. The van der Waals surface area contributed by atoms with Gasteiger partial charge in [0, 0.05) is 6.42 Å². The summed E-state index contributed by atoms with van der Waals surface area (Å²) in [6, 6.07) is 0. The van der Waals surface area contributed by atoms with Gasteiger partial charge in [0.1, 0.15) is 30.2 Å². The van der Waals surface area contributed by atoms with Crippen molar-refractivity contribution in [2.24, 2.45) is 0 Å². The molecule has 0 amide bonds. The molecule has 4 N–H and O–H groups in total. The van der Waals surface area contributed by atoms with Gasteiger partial charge in [-0.15, -0.1) is 0 Å². The van der Waals surface area contributed by atoms with Crippen LogP contribution in [-0.2, 0) is 23.1 Å². The minimum atomic E-state index is -4.99. The van der Waals surface area contributed by atoms with Crippen LogP contribution < -0.4 is 10.6 Å². The minimum absolute atomic E-state index is 0.0315. The summed E-state index contributed by atoms with van der Waals surface area (Å²) in [4.78, 5) is 36.3. The average molecular weight is 641 g/mol. The number of ether oxygens (including phenoxy) is 1. The van der Waals surface area contributed by atoms with Crippen LogP contribution in [0.15, 0.2) is 12.7 Å². The lowest BCUT2D eigenvalue weighted by Gasteiger charge is -2.24. The molecule has 0 spiro atoms. The van der Waals surface area contributed by atoms with Crippen molar-refractivity contribution in [3.8, 4) is 0 Å².